The van der Waals surface area contributed by atoms with Crippen LogP contribution in [0.1, 0.15) is 29.3 Å². The van der Waals surface area contributed by atoms with Crippen LogP contribution >= 0.6 is 0 Å². The van der Waals surface area contributed by atoms with Gasteiger partial charge in [0, 0.05) is 18.2 Å². The van der Waals surface area contributed by atoms with Gasteiger partial charge in [-0.1, -0.05) is 13.0 Å². The van der Waals surface area contributed by atoms with Crippen molar-refractivity contribution in [2.75, 3.05) is 11.9 Å². The summed E-state index contributed by atoms with van der Waals surface area (Å²) in [7, 11) is 0. The number of aryl methyl sites for hydroxylation is 1. The second-order valence-corrected chi connectivity index (χ2v) is 4.86. The maximum atomic E-state index is 11.8. The number of hydrogen-bond acceptors (Lipinski definition) is 4. The van der Waals surface area contributed by atoms with Gasteiger partial charge < -0.3 is 10.1 Å². The normalized spacial score (nSPS) is 10.1. The number of amides is 1. The van der Waals surface area contributed by atoms with Crippen LogP contribution in [0, 0.1) is 6.92 Å². The molecule has 2 rings (SSSR count). The van der Waals surface area contributed by atoms with E-state index in [4.69, 9.17) is 4.74 Å². The predicted octanol–water partition coefficient (Wildman–Crippen LogP) is 3.00. The zero-order valence-corrected chi connectivity index (χ0v) is 12.6. The van der Waals surface area contributed by atoms with E-state index in [9.17, 15) is 9.59 Å². The number of carbonyl (C=O) groups is 2. The zero-order chi connectivity index (χ0) is 15.9. The Balaban J connectivity index is 1.85. The lowest BCUT2D eigenvalue weighted by molar-refractivity contribution is -0.118. The number of pyridine rings is 1. The highest BCUT2D eigenvalue weighted by Crippen LogP contribution is 2.13. The Morgan fingerprint density at radius 2 is 1.86 bits per heavy atom. The molecule has 5 nitrogen and oxygen atoms in total. The molecule has 0 atom stereocenters. The lowest BCUT2D eigenvalue weighted by Gasteiger charge is -2.07. The van der Waals surface area contributed by atoms with Crippen LogP contribution in [0.15, 0.2) is 42.6 Å². The number of ketones is 1. The largest absolute Gasteiger partial charge is 0.484 e. The van der Waals surface area contributed by atoms with Crippen molar-refractivity contribution >= 4 is 17.5 Å². The fourth-order valence-corrected chi connectivity index (χ4v) is 1.81. The van der Waals surface area contributed by atoms with Crippen molar-refractivity contribution < 1.29 is 14.3 Å². The van der Waals surface area contributed by atoms with Gasteiger partial charge in [0.25, 0.3) is 5.91 Å². The van der Waals surface area contributed by atoms with Crippen molar-refractivity contribution in [3.63, 3.8) is 0 Å². The molecule has 22 heavy (non-hydrogen) atoms. The quantitative estimate of drug-likeness (QED) is 0.832. The topological polar surface area (TPSA) is 68.3 Å². The molecule has 1 amide bonds. The molecule has 1 aromatic heterocycles. The molecule has 0 bridgehead atoms. The van der Waals surface area contributed by atoms with Crippen molar-refractivity contribution in [3.05, 3.63) is 53.7 Å². The SMILES string of the molecule is CCC(=O)c1ccc(OCC(=O)Nc2ccc(C)cn2)cc1. The average molecular weight is 298 g/mol. The summed E-state index contributed by atoms with van der Waals surface area (Å²) in [6.45, 7) is 3.63. The third kappa shape index (κ3) is 4.41. The Hall–Kier alpha value is -2.69. The molecular weight excluding hydrogens is 280 g/mol. The molecule has 0 aliphatic rings. The first kappa shape index (κ1) is 15.7. The van der Waals surface area contributed by atoms with Crippen molar-refractivity contribution in [2.24, 2.45) is 0 Å². The Kier molecular flexibility index (Phi) is 5.25. The van der Waals surface area contributed by atoms with Crippen LogP contribution in [0.5, 0.6) is 5.75 Å². The van der Waals surface area contributed by atoms with E-state index < -0.39 is 0 Å². The van der Waals surface area contributed by atoms with Crippen molar-refractivity contribution in [1.82, 2.24) is 4.98 Å². The van der Waals surface area contributed by atoms with Crippen LogP contribution in [0.25, 0.3) is 0 Å². The number of aromatic nitrogens is 1. The Morgan fingerprint density at radius 1 is 1.14 bits per heavy atom. The van der Waals surface area contributed by atoms with Gasteiger partial charge in [0.15, 0.2) is 12.4 Å². The summed E-state index contributed by atoms with van der Waals surface area (Å²) in [5, 5.41) is 2.65. The van der Waals surface area contributed by atoms with E-state index in [1.807, 2.05) is 19.9 Å². The lowest BCUT2D eigenvalue weighted by atomic mass is 10.1. The van der Waals surface area contributed by atoms with Gasteiger partial charge in [-0.2, -0.15) is 0 Å². The number of rotatable bonds is 6. The molecule has 5 heteroatoms. The Bertz CT molecular complexity index is 649. The first-order valence-corrected chi connectivity index (χ1v) is 7.07. The van der Waals surface area contributed by atoms with Gasteiger partial charge in [0.05, 0.1) is 0 Å². The number of nitrogens with zero attached hydrogens (tertiary/aromatic N) is 1. The molecular formula is C17H18N2O3. The van der Waals surface area contributed by atoms with Crippen LogP contribution in [0.3, 0.4) is 0 Å². The van der Waals surface area contributed by atoms with Crippen LogP contribution in [0.2, 0.25) is 0 Å². The van der Waals surface area contributed by atoms with E-state index in [0.29, 0.717) is 23.6 Å². The standard InChI is InChI=1S/C17H18N2O3/c1-3-15(20)13-5-7-14(8-6-13)22-11-17(21)19-16-9-4-12(2)10-18-16/h4-10H,3,11H2,1-2H3,(H,18,19,21). The number of Topliss-reactive ketones (excluding diaryl/α,β-unsaturated/α-hetero) is 1. The number of carbonyl (C=O) groups excluding carboxylic acids is 2. The highest BCUT2D eigenvalue weighted by atomic mass is 16.5. The molecule has 0 saturated carbocycles. The fourth-order valence-electron chi connectivity index (χ4n) is 1.81. The minimum absolute atomic E-state index is 0.0785. The van der Waals surface area contributed by atoms with Crippen LogP contribution in [0.4, 0.5) is 5.82 Å². The molecule has 0 saturated heterocycles. The second-order valence-electron chi connectivity index (χ2n) is 4.86. The fraction of sp³-hybridized carbons (Fsp3) is 0.235. The van der Waals surface area contributed by atoms with E-state index in [1.165, 1.54) is 0 Å². The molecule has 1 aromatic carbocycles. The predicted molar refractivity (Wildman–Crippen MR) is 84.2 cm³/mol. The third-order valence-corrected chi connectivity index (χ3v) is 3.05. The van der Waals surface area contributed by atoms with Gasteiger partial charge in [0.1, 0.15) is 11.6 Å². The highest BCUT2D eigenvalue weighted by molar-refractivity contribution is 5.96. The van der Waals surface area contributed by atoms with Crippen molar-refractivity contribution in [1.29, 1.82) is 0 Å². The summed E-state index contributed by atoms with van der Waals surface area (Å²) in [6.07, 6.45) is 2.14. The number of benzene rings is 1. The van der Waals surface area contributed by atoms with Crippen molar-refractivity contribution in [2.45, 2.75) is 20.3 Å². The number of anilines is 1. The van der Waals surface area contributed by atoms with Gasteiger partial charge in [-0.25, -0.2) is 4.98 Å². The summed E-state index contributed by atoms with van der Waals surface area (Å²) in [5.41, 5.74) is 1.67. The summed E-state index contributed by atoms with van der Waals surface area (Å²) in [4.78, 5) is 27.4. The molecule has 0 fully saturated rings. The Morgan fingerprint density at radius 3 is 2.45 bits per heavy atom. The number of nitrogens with one attached hydrogen (secondary N) is 1. The maximum absolute atomic E-state index is 11.8. The molecule has 0 aliphatic heterocycles. The van der Waals surface area contributed by atoms with Gasteiger partial charge >= 0.3 is 0 Å². The number of hydrogen-bond donors (Lipinski definition) is 1. The first-order valence-electron chi connectivity index (χ1n) is 7.07. The summed E-state index contributed by atoms with van der Waals surface area (Å²) in [6, 6.07) is 10.4. The monoisotopic (exact) mass is 298 g/mol. The maximum Gasteiger partial charge on any atom is 0.263 e. The average Bonchev–Trinajstić information content (AvgIpc) is 2.55. The molecule has 1 heterocycles. The van der Waals surface area contributed by atoms with E-state index >= 15 is 0 Å². The smallest absolute Gasteiger partial charge is 0.263 e. The van der Waals surface area contributed by atoms with Gasteiger partial charge in [-0.3, -0.25) is 9.59 Å². The van der Waals surface area contributed by atoms with E-state index in [1.54, 1.807) is 36.5 Å². The van der Waals surface area contributed by atoms with Crippen LogP contribution in [-0.2, 0) is 4.79 Å². The Labute approximate surface area is 129 Å². The van der Waals surface area contributed by atoms with E-state index in [0.717, 1.165) is 5.56 Å². The summed E-state index contributed by atoms with van der Waals surface area (Å²) in [5.74, 6) is 0.822. The lowest BCUT2D eigenvalue weighted by Crippen LogP contribution is -2.20. The van der Waals surface area contributed by atoms with Gasteiger partial charge in [0.2, 0.25) is 0 Å². The molecule has 0 aliphatic carbocycles. The minimum atomic E-state index is -0.287. The van der Waals surface area contributed by atoms with E-state index in [-0.39, 0.29) is 18.3 Å². The molecule has 114 valence electrons. The number of ether oxygens (including phenoxy) is 1. The van der Waals surface area contributed by atoms with Crippen LogP contribution in [-0.4, -0.2) is 23.3 Å². The molecule has 1 N–H and O–H groups in total. The second kappa shape index (κ2) is 7.36. The van der Waals surface area contributed by atoms with Gasteiger partial charge in [-0.15, -0.1) is 0 Å². The molecule has 2 aromatic rings. The molecule has 0 spiro atoms. The summed E-state index contributed by atoms with van der Waals surface area (Å²) >= 11 is 0. The molecule has 0 radical (unpaired) electrons. The minimum Gasteiger partial charge on any atom is -0.484 e. The summed E-state index contributed by atoms with van der Waals surface area (Å²) < 4.78 is 5.38. The first-order chi connectivity index (χ1) is 10.6. The van der Waals surface area contributed by atoms with Gasteiger partial charge in [-0.05, 0) is 42.8 Å². The third-order valence-electron chi connectivity index (χ3n) is 3.05. The molecule has 0 unspecified atom stereocenters. The van der Waals surface area contributed by atoms with E-state index in [2.05, 4.69) is 10.3 Å². The van der Waals surface area contributed by atoms with Crippen molar-refractivity contribution in [3.8, 4) is 5.75 Å². The zero-order valence-electron chi connectivity index (χ0n) is 12.6. The van der Waals surface area contributed by atoms with Crippen LogP contribution < -0.4 is 10.1 Å². The highest BCUT2D eigenvalue weighted by Gasteiger charge is 2.06.